The molecule has 0 fully saturated rings. The van der Waals surface area contributed by atoms with Crippen molar-refractivity contribution >= 4 is 5.91 Å². The van der Waals surface area contributed by atoms with Crippen LogP contribution in [0.5, 0.6) is 5.75 Å². The van der Waals surface area contributed by atoms with E-state index >= 15 is 0 Å². The number of aliphatic hydroxyl groups is 2. The number of carbonyl (C=O) groups excluding carboxylic acids is 1. The van der Waals surface area contributed by atoms with Crippen LogP contribution in [0, 0.1) is 5.82 Å². The summed E-state index contributed by atoms with van der Waals surface area (Å²) in [5.41, 5.74) is 4.86. The first-order valence-corrected chi connectivity index (χ1v) is 5.04. The van der Waals surface area contributed by atoms with Crippen LogP contribution in [0.1, 0.15) is 18.6 Å². The van der Waals surface area contributed by atoms with Gasteiger partial charge >= 0.3 is 0 Å². The highest BCUT2D eigenvalue weighted by atomic mass is 19.1. The van der Waals surface area contributed by atoms with Crippen LogP contribution >= 0.6 is 0 Å². The third kappa shape index (κ3) is 3.40. The number of ether oxygens (including phenoxy) is 1. The normalized spacial score (nSPS) is 14.1. The number of aliphatic hydroxyl groups excluding tert-OH is 2. The van der Waals surface area contributed by atoms with Crippen molar-refractivity contribution in [2.75, 3.05) is 6.61 Å². The molecule has 0 saturated carbocycles. The molecule has 1 aromatic rings. The van der Waals surface area contributed by atoms with E-state index in [1.165, 1.54) is 6.07 Å². The van der Waals surface area contributed by atoms with Crippen LogP contribution in [0.25, 0.3) is 0 Å². The van der Waals surface area contributed by atoms with Gasteiger partial charge < -0.3 is 20.7 Å². The van der Waals surface area contributed by atoms with Gasteiger partial charge in [0.25, 0.3) is 0 Å². The molecule has 94 valence electrons. The maximum atomic E-state index is 13.2. The molecule has 2 unspecified atom stereocenters. The number of nitrogens with two attached hydrogens (primary N) is 1. The van der Waals surface area contributed by atoms with Gasteiger partial charge in [-0.2, -0.15) is 0 Å². The van der Waals surface area contributed by atoms with E-state index in [1.54, 1.807) is 6.92 Å². The van der Waals surface area contributed by atoms with Crippen molar-refractivity contribution in [3.8, 4) is 5.75 Å². The lowest BCUT2D eigenvalue weighted by Gasteiger charge is -2.16. The zero-order valence-electron chi connectivity index (χ0n) is 9.26. The molecule has 5 nitrogen and oxygen atoms in total. The van der Waals surface area contributed by atoms with Crippen LogP contribution in [0.4, 0.5) is 4.39 Å². The van der Waals surface area contributed by atoms with Gasteiger partial charge in [0.15, 0.2) is 6.10 Å². The molecule has 0 aliphatic carbocycles. The lowest BCUT2D eigenvalue weighted by atomic mass is 10.0. The van der Waals surface area contributed by atoms with Crippen molar-refractivity contribution in [3.63, 3.8) is 0 Å². The third-order valence-corrected chi connectivity index (χ3v) is 2.14. The van der Waals surface area contributed by atoms with Crippen LogP contribution in [0.3, 0.4) is 0 Å². The fourth-order valence-electron chi connectivity index (χ4n) is 1.34. The van der Waals surface area contributed by atoms with Gasteiger partial charge in [-0.15, -0.1) is 0 Å². The lowest BCUT2D eigenvalue weighted by Crippen LogP contribution is -2.33. The minimum atomic E-state index is -1.79. The van der Waals surface area contributed by atoms with E-state index in [2.05, 4.69) is 0 Å². The summed E-state index contributed by atoms with van der Waals surface area (Å²) in [4.78, 5) is 10.7. The SMILES string of the molecule is CCOc1cc(F)cc(C(O)C(O)C(N)=O)c1. The molecule has 0 aromatic heterocycles. The highest BCUT2D eigenvalue weighted by Gasteiger charge is 2.24. The largest absolute Gasteiger partial charge is 0.494 e. The first-order valence-electron chi connectivity index (χ1n) is 5.04. The van der Waals surface area contributed by atoms with Crippen molar-refractivity contribution < 1.29 is 24.1 Å². The summed E-state index contributed by atoms with van der Waals surface area (Å²) in [7, 11) is 0. The number of hydrogen-bond donors (Lipinski definition) is 3. The minimum Gasteiger partial charge on any atom is -0.494 e. The van der Waals surface area contributed by atoms with E-state index in [0.29, 0.717) is 6.61 Å². The first-order chi connectivity index (χ1) is 7.95. The average Bonchev–Trinajstić information content (AvgIpc) is 2.26. The van der Waals surface area contributed by atoms with Crippen molar-refractivity contribution in [1.29, 1.82) is 0 Å². The fraction of sp³-hybridized carbons (Fsp3) is 0.364. The van der Waals surface area contributed by atoms with E-state index in [9.17, 15) is 19.4 Å². The summed E-state index contributed by atoms with van der Waals surface area (Å²) in [6.45, 7) is 2.05. The van der Waals surface area contributed by atoms with Crippen LogP contribution in [0.2, 0.25) is 0 Å². The second kappa shape index (κ2) is 5.60. The van der Waals surface area contributed by atoms with Gasteiger partial charge in [-0.1, -0.05) is 0 Å². The third-order valence-electron chi connectivity index (χ3n) is 2.14. The Morgan fingerprint density at radius 1 is 1.47 bits per heavy atom. The molecule has 17 heavy (non-hydrogen) atoms. The summed E-state index contributed by atoms with van der Waals surface area (Å²) in [5, 5.41) is 18.9. The Kier molecular flexibility index (Phi) is 4.42. The van der Waals surface area contributed by atoms with Crippen molar-refractivity contribution in [2.45, 2.75) is 19.1 Å². The fourth-order valence-corrected chi connectivity index (χ4v) is 1.34. The Morgan fingerprint density at radius 2 is 2.12 bits per heavy atom. The number of benzene rings is 1. The molecule has 0 spiro atoms. The van der Waals surface area contributed by atoms with Gasteiger partial charge in [-0.05, 0) is 24.6 Å². The van der Waals surface area contributed by atoms with Crippen LogP contribution in [-0.2, 0) is 4.79 Å². The summed E-state index contributed by atoms with van der Waals surface area (Å²) >= 11 is 0. The molecule has 4 N–H and O–H groups in total. The molecule has 0 aliphatic rings. The van der Waals surface area contributed by atoms with Crippen LogP contribution in [0.15, 0.2) is 18.2 Å². The maximum absolute atomic E-state index is 13.2. The average molecular weight is 243 g/mol. The Labute approximate surface area is 97.6 Å². The summed E-state index contributed by atoms with van der Waals surface area (Å²) in [6, 6.07) is 3.47. The quantitative estimate of drug-likeness (QED) is 0.684. The molecule has 0 aliphatic heterocycles. The summed E-state index contributed by atoms with van der Waals surface area (Å²) < 4.78 is 18.3. The monoisotopic (exact) mass is 243 g/mol. The molecule has 0 radical (unpaired) electrons. The van der Waals surface area contributed by atoms with E-state index in [1.807, 2.05) is 0 Å². The van der Waals surface area contributed by atoms with Crippen LogP contribution in [-0.4, -0.2) is 28.8 Å². The molecular weight excluding hydrogens is 229 g/mol. The Balaban J connectivity index is 3.00. The van der Waals surface area contributed by atoms with E-state index in [-0.39, 0.29) is 11.3 Å². The van der Waals surface area contributed by atoms with E-state index in [4.69, 9.17) is 10.5 Å². The van der Waals surface area contributed by atoms with Crippen molar-refractivity contribution in [1.82, 2.24) is 0 Å². The number of primary amides is 1. The second-order valence-electron chi connectivity index (χ2n) is 3.45. The highest BCUT2D eigenvalue weighted by molar-refractivity contribution is 5.79. The molecule has 1 rings (SSSR count). The Bertz CT molecular complexity index is 410. The molecule has 6 heteroatoms. The summed E-state index contributed by atoms with van der Waals surface area (Å²) in [6.07, 6.45) is -3.37. The molecule has 2 atom stereocenters. The molecule has 1 aromatic carbocycles. The highest BCUT2D eigenvalue weighted by Crippen LogP contribution is 2.23. The minimum absolute atomic E-state index is 0.0275. The number of amides is 1. The van der Waals surface area contributed by atoms with Gasteiger partial charge in [0.05, 0.1) is 6.61 Å². The number of halogens is 1. The van der Waals surface area contributed by atoms with E-state index in [0.717, 1.165) is 12.1 Å². The Morgan fingerprint density at radius 3 is 2.65 bits per heavy atom. The van der Waals surface area contributed by atoms with Crippen molar-refractivity contribution in [2.24, 2.45) is 5.73 Å². The predicted octanol–water partition coefficient (Wildman–Crippen LogP) is 0.104. The summed E-state index contributed by atoms with van der Waals surface area (Å²) in [5.74, 6) is -1.51. The predicted molar refractivity (Wildman–Crippen MR) is 57.7 cm³/mol. The van der Waals surface area contributed by atoms with Gasteiger partial charge in [-0.25, -0.2) is 4.39 Å². The maximum Gasteiger partial charge on any atom is 0.249 e. The van der Waals surface area contributed by atoms with Gasteiger partial charge in [0, 0.05) is 6.07 Å². The molecule has 0 heterocycles. The van der Waals surface area contributed by atoms with Crippen LogP contribution < -0.4 is 10.5 Å². The Hall–Kier alpha value is -1.66. The zero-order valence-corrected chi connectivity index (χ0v) is 9.26. The van der Waals surface area contributed by atoms with Gasteiger partial charge in [0.1, 0.15) is 17.7 Å². The van der Waals surface area contributed by atoms with Gasteiger partial charge in [0.2, 0.25) is 5.91 Å². The first kappa shape index (κ1) is 13.4. The molecule has 1 amide bonds. The number of rotatable bonds is 5. The molecular formula is C11H14FNO4. The topological polar surface area (TPSA) is 92.8 Å². The van der Waals surface area contributed by atoms with E-state index < -0.39 is 23.9 Å². The van der Waals surface area contributed by atoms with Crippen molar-refractivity contribution in [3.05, 3.63) is 29.6 Å². The number of carbonyl (C=O) groups is 1. The van der Waals surface area contributed by atoms with Gasteiger partial charge in [-0.3, -0.25) is 4.79 Å². The zero-order chi connectivity index (χ0) is 13.0. The second-order valence-corrected chi connectivity index (χ2v) is 3.45. The lowest BCUT2D eigenvalue weighted by molar-refractivity contribution is -0.132. The molecule has 0 saturated heterocycles. The molecule has 0 bridgehead atoms. The number of hydrogen-bond acceptors (Lipinski definition) is 4. The standard InChI is InChI=1S/C11H14FNO4/c1-2-17-8-4-6(3-7(12)5-8)9(14)10(15)11(13)16/h3-5,9-10,14-15H,2H2,1H3,(H2,13,16). The smallest absolute Gasteiger partial charge is 0.249 e.